The molecule has 0 aliphatic rings. The topological polar surface area (TPSA) is 65.4 Å². The Morgan fingerprint density at radius 3 is 2.78 bits per heavy atom. The van der Waals surface area contributed by atoms with Crippen LogP contribution in [0.2, 0.25) is 0 Å². The van der Waals surface area contributed by atoms with E-state index in [4.69, 9.17) is 10.00 Å². The summed E-state index contributed by atoms with van der Waals surface area (Å²) in [5.41, 5.74) is 0. The summed E-state index contributed by atoms with van der Waals surface area (Å²) in [5, 5.41) is 11.4. The van der Waals surface area contributed by atoms with Crippen LogP contribution in [0, 0.1) is 17.2 Å². The van der Waals surface area contributed by atoms with Gasteiger partial charge in [0.25, 0.3) is 0 Å². The molecule has 0 aliphatic carbocycles. The molecule has 0 bridgehead atoms. The lowest BCUT2D eigenvalue weighted by atomic mass is 10.2. The number of carbonyl (C=O) groups excluding carboxylic acids is 1. The Labute approximate surface area is 110 Å². The Balaban J connectivity index is 3.90. The summed E-state index contributed by atoms with van der Waals surface area (Å²) in [7, 11) is 1.65. The van der Waals surface area contributed by atoms with Crippen molar-refractivity contribution in [2.24, 2.45) is 5.92 Å². The van der Waals surface area contributed by atoms with E-state index in [1.54, 1.807) is 7.11 Å². The molecule has 5 nitrogen and oxygen atoms in total. The second-order valence-corrected chi connectivity index (χ2v) is 4.73. The minimum absolute atomic E-state index is 0.0182. The van der Waals surface area contributed by atoms with E-state index in [-0.39, 0.29) is 5.91 Å². The molecular weight excluding hydrogens is 230 g/mol. The number of rotatable bonds is 10. The molecule has 0 rings (SSSR count). The summed E-state index contributed by atoms with van der Waals surface area (Å²) in [6.45, 7) is 7.37. The van der Waals surface area contributed by atoms with E-state index < -0.39 is 0 Å². The first-order valence-electron chi connectivity index (χ1n) is 6.45. The summed E-state index contributed by atoms with van der Waals surface area (Å²) < 4.78 is 4.91. The second-order valence-electron chi connectivity index (χ2n) is 4.73. The van der Waals surface area contributed by atoms with Gasteiger partial charge in [0, 0.05) is 39.8 Å². The highest BCUT2D eigenvalue weighted by molar-refractivity contribution is 5.77. The third kappa shape index (κ3) is 10.1. The number of nitrogens with one attached hydrogen (secondary N) is 1. The molecule has 0 radical (unpaired) electrons. The highest BCUT2D eigenvalue weighted by Gasteiger charge is 2.11. The van der Waals surface area contributed by atoms with Gasteiger partial charge >= 0.3 is 0 Å². The van der Waals surface area contributed by atoms with Crippen molar-refractivity contribution in [1.29, 1.82) is 5.26 Å². The van der Waals surface area contributed by atoms with Crippen molar-refractivity contribution in [3.8, 4) is 6.07 Å². The maximum absolute atomic E-state index is 11.7. The van der Waals surface area contributed by atoms with Crippen LogP contribution < -0.4 is 5.32 Å². The summed E-state index contributed by atoms with van der Waals surface area (Å²) in [5.74, 6) is 0.509. The number of carbonyl (C=O) groups is 1. The molecule has 1 N–H and O–H groups in total. The van der Waals surface area contributed by atoms with Gasteiger partial charge in [-0.2, -0.15) is 5.26 Å². The van der Waals surface area contributed by atoms with Crippen LogP contribution in [-0.2, 0) is 9.53 Å². The number of hydrogen-bond acceptors (Lipinski definition) is 4. The minimum atomic E-state index is 0.0182. The van der Waals surface area contributed by atoms with Gasteiger partial charge in [0.15, 0.2) is 0 Å². The highest BCUT2D eigenvalue weighted by atomic mass is 16.5. The summed E-state index contributed by atoms with van der Waals surface area (Å²) in [4.78, 5) is 13.7. The fraction of sp³-hybridized carbons (Fsp3) is 0.846. The Morgan fingerprint density at radius 2 is 2.22 bits per heavy atom. The maximum Gasteiger partial charge on any atom is 0.234 e. The molecule has 1 amide bonds. The van der Waals surface area contributed by atoms with Crippen LogP contribution in [0.25, 0.3) is 0 Å². The van der Waals surface area contributed by atoms with Gasteiger partial charge in [-0.1, -0.05) is 13.8 Å². The standard InChI is InChI=1S/C13H25N3O2/c1-12(2)10-16(8-4-6-14)11-13(17)15-7-5-9-18-3/h12H,4-5,7-11H2,1-3H3,(H,15,17). The lowest BCUT2D eigenvalue weighted by Crippen LogP contribution is -2.39. The first-order chi connectivity index (χ1) is 8.60. The molecule has 0 aromatic rings. The first kappa shape index (κ1) is 16.9. The van der Waals surface area contributed by atoms with Gasteiger partial charge in [0.2, 0.25) is 5.91 Å². The predicted molar refractivity (Wildman–Crippen MR) is 71.0 cm³/mol. The normalized spacial score (nSPS) is 10.7. The van der Waals surface area contributed by atoms with Crippen LogP contribution in [-0.4, -0.2) is 50.7 Å². The van der Waals surface area contributed by atoms with E-state index in [0.717, 1.165) is 13.0 Å². The molecule has 0 aliphatic heterocycles. The lowest BCUT2D eigenvalue weighted by molar-refractivity contribution is -0.122. The van der Waals surface area contributed by atoms with Gasteiger partial charge in [0.05, 0.1) is 12.6 Å². The molecule has 5 heteroatoms. The first-order valence-corrected chi connectivity index (χ1v) is 6.45. The van der Waals surface area contributed by atoms with Crippen LogP contribution in [0.5, 0.6) is 0 Å². The fourth-order valence-electron chi connectivity index (χ4n) is 1.66. The molecule has 0 spiro atoms. The average Bonchev–Trinajstić information content (AvgIpc) is 2.31. The van der Waals surface area contributed by atoms with Gasteiger partial charge < -0.3 is 10.1 Å². The molecule has 0 aromatic heterocycles. The number of methoxy groups -OCH3 is 1. The van der Waals surface area contributed by atoms with Crippen molar-refractivity contribution in [3.05, 3.63) is 0 Å². The van der Waals surface area contributed by atoms with E-state index >= 15 is 0 Å². The van der Waals surface area contributed by atoms with Gasteiger partial charge in [-0.25, -0.2) is 0 Å². The zero-order chi connectivity index (χ0) is 13.8. The largest absolute Gasteiger partial charge is 0.385 e. The van der Waals surface area contributed by atoms with E-state index in [2.05, 4.69) is 25.2 Å². The molecule has 0 aromatic carbocycles. The zero-order valence-corrected chi connectivity index (χ0v) is 11.7. The van der Waals surface area contributed by atoms with Crippen molar-refractivity contribution >= 4 is 5.91 Å². The third-order valence-electron chi connectivity index (χ3n) is 2.38. The van der Waals surface area contributed by atoms with E-state index in [9.17, 15) is 4.79 Å². The van der Waals surface area contributed by atoms with Gasteiger partial charge in [-0.05, 0) is 12.3 Å². The maximum atomic E-state index is 11.7. The molecule has 0 atom stereocenters. The molecule has 0 heterocycles. The van der Waals surface area contributed by atoms with Gasteiger partial charge in [-0.15, -0.1) is 0 Å². The molecule has 104 valence electrons. The number of nitriles is 1. The van der Waals surface area contributed by atoms with Crippen molar-refractivity contribution in [2.45, 2.75) is 26.7 Å². The highest BCUT2D eigenvalue weighted by Crippen LogP contribution is 1.99. The number of nitrogens with zero attached hydrogens (tertiary/aromatic N) is 2. The van der Waals surface area contributed by atoms with Crippen molar-refractivity contribution in [2.75, 3.05) is 39.9 Å². The molecule has 0 saturated carbocycles. The fourth-order valence-corrected chi connectivity index (χ4v) is 1.66. The summed E-state index contributed by atoms with van der Waals surface area (Å²) in [6.07, 6.45) is 1.29. The van der Waals surface area contributed by atoms with E-state index in [0.29, 0.717) is 38.6 Å². The average molecular weight is 255 g/mol. The molecule has 0 unspecified atom stereocenters. The minimum Gasteiger partial charge on any atom is -0.385 e. The Bertz CT molecular complexity index is 261. The number of amides is 1. The van der Waals surface area contributed by atoms with Crippen LogP contribution >= 0.6 is 0 Å². The van der Waals surface area contributed by atoms with Crippen molar-refractivity contribution in [1.82, 2.24) is 10.2 Å². The van der Waals surface area contributed by atoms with Crippen molar-refractivity contribution < 1.29 is 9.53 Å². The smallest absolute Gasteiger partial charge is 0.234 e. The lowest BCUT2D eigenvalue weighted by Gasteiger charge is -2.22. The molecule has 0 fully saturated rings. The molecule has 0 saturated heterocycles. The zero-order valence-electron chi connectivity index (χ0n) is 11.7. The van der Waals surface area contributed by atoms with Crippen LogP contribution in [0.3, 0.4) is 0 Å². The third-order valence-corrected chi connectivity index (χ3v) is 2.38. The van der Waals surface area contributed by atoms with Crippen LogP contribution in [0.15, 0.2) is 0 Å². The Hall–Kier alpha value is -1.12. The van der Waals surface area contributed by atoms with Crippen LogP contribution in [0.4, 0.5) is 0 Å². The second kappa shape index (κ2) is 11.0. The monoisotopic (exact) mass is 255 g/mol. The van der Waals surface area contributed by atoms with Gasteiger partial charge in [-0.3, -0.25) is 9.69 Å². The SMILES string of the molecule is COCCCNC(=O)CN(CCC#N)CC(C)C. The molecule has 18 heavy (non-hydrogen) atoms. The van der Waals surface area contributed by atoms with Gasteiger partial charge in [0.1, 0.15) is 0 Å². The quantitative estimate of drug-likeness (QED) is 0.592. The van der Waals surface area contributed by atoms with E-state index in [1.165, 1.54) is 0 Å². The summed E-state index contributed by atoms with van der Waals surface area (Å²) in [6, 6.07) is 2.11. The van der Waals surface area contributed by atoms with Crippen molar-refractivity contribution in [3.63, 3.8) is 0 Å². The molecular formula is C13H25N3O2. The van der Waals surface area contributed by atoms with Crippen LogP contribution in [0.1, 0.15) is 26.7 Å². The Kier molecular flexibility index (Phi) is 10.3. The number of ether oxygens (including phenoxy) is 1. The Morgan fingerprint density at radius 1 is 1.50 bits per heavy atom. The number of hydrogen-bond donors (Lipinski definition) is 1. The van der Waals surface area contributed by atoms with E-state index in [1.807, 2.05) is 4.90 Å². The summed E-state index contributed by atoms with van der Waals surface area (Å²) >= 11 is 0. The predicted octanol–water partition coefficient (Wildman–Crippen LogP) is 1.01.